The van der Waals surface area contributed by atoms with E-state index in [4.69, 9.17) is 0 Å². The summed E-state index contributed by atoms with van der Waals surface area (Å²) in [6.07, 6.45) is 3.64. The third kappa shape index (κ3) is 4.96. The fourth-order valence-corrected chi connectivity index (χ4v) is 3.26. The lowest BCUT2D eigenvalue weighted by atomic mass is 9.81. The highest BCUT2D eigenvalue weighted by atomic mass is 35.5. The van der Waals surface area contributed by atoms with Gasteiger partial charge in [0, 0.05) is 13.0 Å². The van der Waals surface area contributed by atoms with Crippen molar-refractivity contribution in [2.24, 2.45) is 5.41 Å². The summed E-state index contributed by atoms with van der Waals surface area (Å²) in [5.41, 5.74) is 1.48. The van der Waals surface area contributed by atoms with E-state index in [0.29, 0.717) is 6.42 Å². The van der Waals surface area contributed by atoms with E-state index in [-0.39, 0.29) is 23.7 Å². The first-order valence-corrected chi connectivity index (χ1v) is 8.60. The first kappa shape index (κ1) is 18.8. The zero-order chi connectivity index (χ0) is 16.1. The number of halogens is 1. The predicted octanol–water partition coefficient (Wildman–Crippen LogP) is 3.70. The average Bonchev–Trinajstić information content (AvgIpc) is 2.59. The molecule has 3 nitrogen and oxygen atoms in total. The topological polar surface area (TPSA) is 41.1 Å². The Kier molecular flexibility index (Phi) is 6.64. The van der Waals surface area contributed by atoms with Crippen molar-refractivity contribution in [1.82, 2.24) is 10.6 Å². The van der Waals surface area contributed by atoms with Crippen LogP contribution >= 0.6 is 12.4 Å². The fraction of sp³-hybridized carbons (Fsp3) is 0.450. The Morgan fingerprint density at radius 2 is 1.83 bits per heavy atom. The van der Waals surface area contributed by atoms with Gasteiger partial charge in [0.15, 0.2) is 0 Å². The van der Waals surface area contributed by atoms with Crippen LogP contribution in [0.15, 0.2) is 42.5 Å². The predicted molar refractivity (Wildman–Crippen MR) is 103 cm³/mol. The summed E-state index contributed by atoms with van der Waals surface area (Å²) in [5.74, 6) is 0.165. The summed E-state index contributed by atoms with van der Waals surface area (Å²) in [6.45, 7) is 5.19. The molecule has 2 aromatic carbocycles. The van der Waals surface area contributed by atoms with Crippen LogP contribution in [0.5, 0.6) is 0 Å². The zero-order valence-electron chi connectivity index (χ0n) is 14.3. The molecule has 0 saturated carbocycles. The van der Waals surface area contributed by atoms with Crippen molar-refractivity contribution in [2.75, 3.05) is 19.6 Å². The molecule has 1 saturated heterocycles. The minimum atomic E-state index is 0. The highest BCUT2D eigenvalue weighted by molar-refractivity contribution is 5.85. The standard InChI is InChI=1S/C20H26N2O.ClH/c1-20(10-12-21-13-11-20)15-22-19(23)9-7-16-6-8-17-4-2-3-5-18(17)14-16;/h2-6,8,14,21H,7,9-13,15H2,1H3,(H,22,23);1H. The smallest absolute Gasteiger partial charge is 0.220 e. The molecule has 0 atom stereocenters. The third-order valence-electron chi connectivity index (χ3n) is 4.98. The second kappa shape index (κ2) is 8.50. The van der Waals surface area contributed by atoms with E-state index < -0.39 is 0 Å². The van der Waals surface area contributed by atoms with E-state index in [9.17, 15) is 4.79 Å². The van der Waals surface area contributed by atoms with Crippen LogP contribution in [0, 0.1) is 5.41 Å². The first-order valence-electron chi connectivity index (χ1n) is 8.60. The van der Waals surface area contributed by atoms with Crippen molar-refractivity contribution in [3.63, 3.8) is 0 Å². The first-order chi connectivity index (χ1) is 11.1. The highest BCUT2D eigenvalue weighted by Gasteiger charge is 2.26. The zero-order valence-corrected chi connectivity index (χ0v) is 15.1. The molecule has 130 valence electrons. The number of hydrogen-bond donors (Lipinski definition) is 2. The van der Waals surface area contributed by atoms with Crippen LogP contribution in [0.1, 0.15) is 31.7 Å². The van der Waals surface area contributed by atoms with Crippen molar-refractivity contribution < 1.29 is 4.79 Å². The van der Waals surface area contributed by atoms with E-state index in [2.05, 4.69) is 60.0 Å². The number of carbonyl (C=O) groups excluding carboxylic acids is 1. The normalized spacial score (nSPS) is 16.4. The number of aryl methyl sites for hydroxylation is 1. The number of piperidine rings is 1. The fourth-order valence-electron chi connectivity index (χ4n) is 3.26. The summed E-state index contributed by atoms with van der Waals surface area (Å²) in [6, 6.07) is 14.8. The Labute approximate surface area is 150 Å². The molecule has 1 aliphatic heterocycles. The van der Waals surface area contributed by atoms with Gasteiger partial charge in [-0.1, -0.05) is 49.4 Å². The minimum Gasteiger partial charge on any atom is -0.356 e. The Hall–Kier alpha value is -1.58. The van der Waals surface area contributed by atoms with E-state index in [1.54, 1.807) is 0 Å². The average molecular weight is 347 g/mol. The number of nitrogens with one attached hydrogen (secondary N) is 2. The molecule has 4 heteroatoms. The minimum absolute atomic E-state index is 0. The van der Waals surface area contributed by atoms with Gasteiger partial charge in [-0.2, -0.15) is 0 Å². The number of amides is 1. The van der Waals surface area contributed by atoms with Crippen molar-refractivity contribution in [3.05, 3.63) is 48.0 Å². The van der Waals surface area contributed by atoms with Crippen LogP contribution in [0.3, 0.4) is 0 Å². The van der Waals surface area contributed by atoms with Crippen LogP contribution in [-0.2, 0) is 11.2 Å². The molecule has 0 spiro atoms. The molecular formula is C20H27ClN2O. The largest absolute Gasteiger partial charge is 0.356 e. The molecule has 1 fully saturated rings. The lowest BCUT2D eigenvalue weighted by molar-refractivity contribution is -0.121. The van der Waals surface area contributed by atoms with Gasteiger partial charge in [-0.05, 0) is 54.1 Å². The molecule has 0 unspecified atom stereocenters. The van der Waals surface area contributed by atoms with Gasteiger partial charge in [-0.15, -0.1) is 12.4 Å². The van der Waals surface area contributed by atoms with Crippen molar-refractivity contribution >= 4 is 29.1 Å². The second-order valence-corrected chi connectivity index (χ2v) is 7.02. The van der Waals surface area contributed by atoms with Crippen LogP contribution in [-0.4, -0.2) is 25.5 Å². The van der Waals surface area contributed by atoms with E-state index in [0.717, 1.165) is 38.9 Å². The molecule has 2 N–H and O–H groups in total. The summed E-state index contributed by atoms with van der Waals surface area (Å²) >= 11 is 0. The quantitative estimate of drug-likeness (QED) is 0.866. The number of rotatable bonds is 5. The maximum absolute atomic E-state index is 12.1. The van der Waals surface area contributed by atoms with E-state index in [1.165, 1.54) is 16.3 Å². The van der Waals surface area contributed by atoms with Gasteiger partial charge in [0.25, 0.3) is 0 Å². The Morgan fingerprint density at radius 3 is 2.58 bits per heavy atom. The van der Waals surface area contributed by atoms with Gasteiger partial charge in [-0.25, -0.2) is 0 Å². The van der Waals surface area contributed by atoms with Gasteiger partial charge in [-0.3, -0.25) is 4.79 Å². The summed E-state index contributed by atoms with van der Waals surface area (Å²) in [4.78, 5) is 12.1. The molecule has 1 heterocycles. The molecule has 0 bridgehead atoms. The Balaban J connectivity index is 0.00000208. The van der Waals surface area contributed by atoms with Gasteiger partial charge in [0.1, 0.15) is 0 Å². The molecule has 24 heavy (non-hydrogen) atoms. The van der Waals surface area contributed by atoms with E-state index in [1.807, 2.05) is 0 Å². The second-order valence-electron chi connectivity index (χ2n) is 7.02. The molecule has 2 aromatic rings. The van der Waals surface area contributed by atoms with Crippen LogP contribution in [0.4, 0.5) is 0 Å². The van der Waals surface area contributed by atoms with Crippen LogP contribution < -0.4 is 10.6 Å². The molecule has 0 radical (unpaired) electrons. The third-order valence-corrected chi connectivity index (χ3v) is 4.98. The Bertz CT molecular complexity index is 680. The molecule has 0 aromatic heterocycles. The highest BCUT2D eigenvalue weighted by Crippen LogP contribution is 2.26. The van der Waals surface area contributed by atoms with Crippen LogP contribution in [0.2, 0.25) is 0 Å². The van der Waals surface area contributed by atoms with Gasteiger partial charge < -0.3 is 10.6 Å². The van der Waals surface area contributed by atoms with Crippen molar-refractivity contribution in [1.29, 1.82) is 0 Å². The van der Waals surface area contributed by atoms with E-state index >= 15 is 0 Å². The summed E-state index contributed by atoms with van der Waals surface area (Å²) in [5, 5.41) is 9.00. The summed E-state index contributed by atoms with van der Waals surface area (Å²) < 4.78 is 0. The van der Waals surface area contributed by atoms with Gasteiger partial charge >= 0.3 is 0 Å². The van der Waals surface area contributed by atoms with Crippen molar-refractivity contribution in [2.45, 2.75) is 32.6 Å². The monoisotopic (exact) mass is 346 g/mol. The molecular weight excluding hydrogens is 320 g/mol. The van der Waals surface area contributed by atoms with Crippen LogP contribution in [0.25, 0.3) is 10.8 Å². The number of hydrogen-bond acceptors (Lipinski definition) is 2. The van der Waals surface area contributed by atoms with Gasteiger partial charge in [0.05, 0.1) is 0 Å². The van der Waals surface area contributed by atoms with Crippen molar-refractivity contribution in [3.8, 4) is 0 Å². The molecule has 1 amide bonds. The number of benzene rings is 2. The molecule has 0 aliphatic carbocycles. The number of fused-ring (bicyclic) bond motifs is 1. The maximum atomic E-state index is 12.1. The maximum Gasteiger partial charge on any atom is 0.220 e. The Morgan fingerprint density at radius 1 is 1.12 bits per heavy atom. The molecule has 3 rings (SSSR count). The number of carbonyl (C=O) groups is 1. The lowest BCUT2D eigenvalue weighted by Crippen LogP contribution is -2.42. The summed E-state index contributed by atoms with van der Waals surface area (Å²) in [7, 11) is 0. The molecule has 1 aliphatic rings. The lowest BCUT2D eigenvalue weighted by Gasteiger charge is -2.34. The van der Waals surface area contributed by atoms with Gasteiger partial charge in [0.2, 0.25) is 5.91 Å². The SMILES string of the molecule is CC1(CNC(=O)CCc2ccc3ccccc3c2)CCNCC1.Cl.